The number of nitrogens with one attached hydrogen (secondary N) is 1. The van der Waals surface area contributed by atoms with Crippen LogP contribution in [0.1, 0.15) is 74.1 Å². The summed E-state index contributed by atoms with van der Waals surface area (Å²) in [6, 6.07) is 2.51. The van der Waals surface area contributed by atoms with Crippen molar-refractivity contribution in [2.75, 3.05) is 25.0 Å². The zero-order valence-electron chi connectivity index (χ0n) is 22.2. The Balaban J connectivity index is 2.27. The average Bonchev–Trinajstić information content (AvgIpc) is 2.74. The van der Waals surface area contributed by atoms with Crippen molar-refractivity contribution in [2.45, 2.75) is 91.4 Å². The van der Waals surface area contributed by atoms with Crippen LogP contribution in [0.15, 0.2) is 18.3 Å². The van der Waals surface area contributed by atoms with Crippen molar-refractivity contribution in [1.82, 2.24) is 20.0 Å². The van der Waals surface area contributed by atoms with Crippen molar-refractivity contribution in [3.63, 3.8) is 0 Å². The summed E-state index contributed by atoms with van der Waals surface area (Å²) in [7, 11) is 0. The number of nitrogens with zero attached hydrogens (tertiary/aromatic N) is 4. The molecule has 3 amide bonds. The fraction of sp³-hybridized carbons (Fsp3) is 0.720. The Kier molecular flexibility index (Phi) is 9.85. The molecule has 1 N–H and O–H groups in total. The van der Waals surface area contributed by atoms with Gasteiger partial charge in [-0.05, 0) is 85.3 Å². The number of hydrogen-bond donors (Lipinski definition) is 1. The monoisotopic (exact) mass is 491 g/mol. The Morgan fingerprint density at radius 1 is 1.09 bits per heavy atom. The van der Waals surface area contributed by atoms with Gasteiger partial charge in [-0.1, -0.05) is 6.92 Å². The summed E-state index contributed by atoms with van der Waals surface area (Å²) in [6.07, 6.45) is 2.31. The van der Waals surface area contributed by atoms with Gasteiger partial charge in [0.15, 0.2) is 0 Å². The van der Waals surface area contributed by atoms with Crippen LogP contribution < -0.4 is 5.32 Å². The summed E-state index contributed by atoms with van der Waals surface area (Å²) < 4.78 is 11.1. The quantitative estimate of drug-likeness (QED) is 0.556. The lowest BCUT2D eigenvalue weighted by Crippen LogP contribution is -2.56. The van der Waals surface area contributed by atoms with E-state index < -0.39 is 29.4 Å². The van der Waals surface area contributed by atoms with Gasteiger partial charge < -0.3 is 19.7 Å². The number of anilines is 1. The zero-order chi connectivity index (χ0) is 26.2. The summed E-state index contributed by atoms with van der Waals surface area (Å²) in [4.78, 5) is 42.7. The second kappa shape index (κ2) is 12.2. The summed E-state index contributed by atoms with van der Waals surface area (Å²) >= 11 is 0. The van der Waals surface area contributed by atoms with Gasteiger partial charge in [0.1, 0.15) is 23.1 Å². The molecule has 1 saturated heterocycles. The molecule has 1 atom stereocenters. The fourth-order valence-corrected chi connectivity index (χ4v) is 3.66. The van der Waals surface area contributed by atoms with E-state index in [1.54, 1.807) is 64.8 Å². The van der Waals surface area contributed by atoms with Gasteiger partial charge in [0.05, 0.1) is 0 Å². The number of piperidine rings is 1. The molecule has 1 aromatic heterocycles. The molecule has 10 heteroatoms. The number of rotatable bonds is 7. The van der Waals surface area contributed by atoms with Gasteiger partial charge in [-0.2, -0.15) is 10.00 Å². The van der Waals surface area contributed by atoms with Crippen molar-refractivity contribution in [3.05, 3.63) is 18.3 Å². The Labute approximate surface area is 208 Å². The first kappa shape index (κ1) is 28.3. The normalized spacial score (nSPS) is 15.8. The third-order valence-corrected chi connectivity index (χ3v) is 5.41. The van der Waals surface area contributed by atoms with Crippen LogP contribution in [0.5, 0.6) is 0 Å². The van der Waals surface area contributed by atoms with Gasteiger partial charge in [-0.3, -0.25) is 4.79 Å². The van der Waals surface area contributed by atoms with Gasteiger partial charge in [-0.25, -0.2) is 9.59 Å². The van der Waals surface area contributed by atoms with Gasteiger partial charge in [0.25, 0.3) is 0 Å². The number of carbonyl (C=O) groups is 3. The molecule has 35 heavy (non-hydrogen) atoms. The van der Waals surface area contributed by atoms with Gasteiger partial charge in [-0.15, -0.1) is 5.10 Å². The Bertz CT molecular complexity index is 814. The van der Waals surface area contributed by atoms with E-state index in [2.05, 4.69) is 22.4 Å². The summed E-state index contributed by atoms with van der Waals surface area (Å²) in [6.45, 7) is 14.1. The Morgan fingerprint density at radius 3 is 2.14 bits per heavy atom. The second-order valence-electron chi connectivity index (χ2n) is 11.0. The maximum Gasteiger partial charge on any atom is 0.420 e. The molecule has 196 valence electrons. The molecule has 0 bridgehead atoms. The number of imide groups is 1. The van der Waals surface area contributed by atoms with E-state index in [0.29, 0.717) is 37.8 Å². The van der Waals surface area contributed by atoms with Crippen LogP contribution in [-0.2, 0) is 14.3 Å². The van der Waals surface area contributed by atoms with E-state index in [1.165, 1.54) is 0 Å². The zero-order valence-corrected chi connectivity index (χ0v) is 22.2. The topological polar surface area (TPSA) is 114 Å². The SMILES string of the molecule is CC1CCN(C(=O)[C@H](CCCNc2cccnn2)N(C(=O)OC(C)(C)C)C(=O)OC(C)(C)C)CC1. The van der Waals surface area contributed by atoms with Gasteiger partial charge in [0.2, 0.25) is 5.91 Å². The average molecular weight is 492 g/mol. The summed E-state index contributed by atoms with van der Waals surface area (Å²) in [5, 5.41) is 11.0. The van der Waals surface area contributed by atoms with Crippen LogP contribution >= 0.6 is 0 Å². The smallest absolute Gasteiger partial charge is 0.420 e. The predicted octanol–water partition coefficient (Wildman–Crippen LogP) is 4.47. The number of ether oxygens (including phenoxy) is 2. The minimum absolute atomic E-state index is 0.247. The number of hydrogen-bond acceptors (Lipinski definition) is 8. The molecular weight excluding hydrogens is 450 g/mol. The number of aromatic nitrogens is 2. The highest BCUT2D eigenvalue weighted by Gasteiger charge is 2.41. The maximum absolute atomic E-state index is 13.7. The molecule has 2 rings (SSSR count). The maximum atomic E-state index is 13.7. The van der Waals surface area contributed by atoms with Crippen LogP contribution in [0, 0.1) is 5.92 Å². The first-order valence-corrected chi connectivity index (χ1v) is 12.3. The minimum atomic E-state index is -1.04. The highest BCUT2D eigenvalue weighted by atomic mass is 16.6. The highest BCUT2D eigenvalue weighted by molar-refractivity contribution is 5.95. The number of carbonyl (C=O) groups excluding carboxylic acids is 3. The van der Waals surface area contributed by atoms with E-state index >= 15 is 0 Å². The molecule has 0 aliphatic carbocycles. The van der Waals surface area contributed by atoms with E-state index in [9.17, 15) is 14.4 Å². The largest absolute Gasteiger partial charge is 0.443 e. The second-order valence-corrected chi connectivity index (χ2v) is 11.0. The molecule has 0 radical (unpaired) electrons. The van der Waals surface area contributed by atoms with Crippen molar-refractivity contribution >= 4 is 23.9 Å². The van der Waals surface area contributed by atoms with Gasteiger partial charge >= 0.3 is 12.2 Å². The molecule has 1 aromatic rings. The predicted molar refractivity (Wildman–Crippen MR) is 133 cm³/mol. The number of likely N-dealkylation sites (tertiary alicyclic amines) is 1. The summed E-state index contributed by atoms with van der Waals surface area (Å²) in [5.41, 5.74) is -1.70. The Hall–Kier alpha value is -2.91. The summed E-state index contributed by atoms with van der Waals surface area (Å²) in [5.74, 6) is 0.867. The first-order valence-electron chi connectivity index (χ1n) is 12.3. The minimum Gasteiger partial charge on any atom is -0.443 e. The van der Waals surface area contributed by atoms with Crippen LogP contribution in [0.25, 0.3) is 0 Å². The van der Waals surface area contributed by atoms with Crippen LogP contribution in [0.3, 0.4) is 0 Å². The first-order chi connectivity index (χ1) is 16.3. The highest BCUT2D eigenvalue weighted by Crippen LogP contribution is 2.23. The molecule has 1 fully saturated rings. The van der Waals surface area contributed by atoms with E-state index in [4.69, 9.17) is 9.47 Å². The van der Waals surface area contributed by atoms with E-state index in [1.807, 2.05) is 0 Å². The Morgan fingerprint density at radius 2 is 1.66 bits per heavy atom. The standard InChI is InChI=1S/C25H41N5O5/c1-18-12-16-29(17-13-18)21(31)19(10-8-14-26-20-11-9-15-27-28-20)30(22(32)34-24(2,3)4)23(33)35-25(5,6)7/h9,11,15,18-19H,8,10,12-14,16-17H2,1-7H3,(H,26,28)/t19-/m0/s1. The van der Waals surface area contributed by atoms with Crippen molar-refractivity contribution in [2.24, 2.45) is 5.92 Å². The van der Waals surface area contributed by atoms with Crippen LogP contribution in [-0.4, -0.2) is 75.0 Å². The lowest BCUT2D eigenvalue weighted by molar-refractivity contribution is -0.138. The molecule has 10 nitrogen and oxygen atoms in total. The van der Waals surface area contributed by atoms with Gasteiger partial charge in [0, 0.05) is 25.8 Å². The molecule has 0 spiro atoms. The molecule has 0 unspecified atom stereocenters. The van der Waals surface area contributed by atoms with Crippen LogP contribution in [0.2, 0.25) is 0 Å². The van der Waals surface area contributed by atoms with E-state index in [0.717, 1.165) is 17.7 Å². The third-order valence-electron chi connectivity index (χ3n) is 5.41. The molecular formula is C25H41N5O5. The lowest BCUT2D eigenvalue weighted by Gasteiger charge is -2.37. The lowest BCUT2D eigenvalue weighted by atomic mass is 9.98. The molecule has 2 heterocycles. The molecule has 0 aromatic carbocycles. The van der Waals surface area contributed by atoms with Crippen molar-refractivity contribution in [1.29, 1.82) is 0 Å². The van der Waals surface area contributed by atoms with E-state index in [-0.39, 0.29) is 12.3 Å². The molecule has 1 aliphatic rings. The molecule has 0 saturated carbocycles. The third kappa shape index (κ3) is 9.70. The fourth-order valence-electron chi connectivity index (χ4n) is 3.66. The van der Waals surface area contributed by atoms with Crippen LogP contribution in [0.4, 0.5) is 15.4 Å². The van der Waals surface area contributed by atoms with Crippen molar-refractivity contribution in [3.8, 4) is 0 Å². The van der Waals surface area contributed by atoms with Crippen molar-refractivity contribution < 1.29 is 23.9 Å². The molecule has 1 aliphatic heterocycles. The number of amides is 3.